The predicted octanol–water partition coefficient (Wildman–Crippen LogP) is 2.50. The summed E-state index contributed by atoms with van der Waals surface area (Å²) in [6.45, 7) is 11.2. The molecule has 0 saturated heterocycles. The van der Waals surface area contributed by atoms with Crippen LogP contribution in [0.1, 0.15) is 37.9 Å². The van der Waals surface area contributed by atoms with Crippen LogP contribution in [0.2, 0.25) is 0 Å². The van der Waals surface area contributed by atoms with Gasteiger partial charge >= 0.3 is 0 Å². The summed E-state index contributed by atoms with van der Waals surface area (Å²) in [5.74, 6) is 0. The fourth-order valence-electron chi connectivity index (χ4n) is 1.81. The van der Waals surface area contributed by atoms with Crippen LogP contribution in [-0.4, -0.2) is 42.7 Å². The third kappa shape index (κ3) is 6.47. The largest absolute Gasteiger partial charge is 0.383 e. The Labute approximate surface area is 121 Å². The van der Waals surface area contributed by atoms with E-state index >= 15 is 0 Å². The molecule has 0 saturated carbocycles. The normalized spacial score (nSPS) is 11.7. The lowest BCUT2D eigenvalue weighted by atomic mass is 10.3. The zero-order valence-corrected chi connectivity index (χ0v) is 13.4. The summed E-state index contributed by atoms with van der Waals surface area (Å²) < 4.78 is 5.16. The van der Waals surface area contributed by atoms with E-state index in [1.807, 2.05) is 0 Å². The molecule has 0 aliphatic rings. The molecule has 0 radical (unpaired) electrons. The maximum absolute atomic E-state index is 5.16. The van der Waals surface area contributed by atoms with Crippen molar-refractivity contribution in [2.24, 2.45) is 0 Å². The first-order chi connectivity index (χ1) is 9.17. The van der Waals surface area contributed by atoms with Crippen LogP contribution in [0.4, 0.5) is 0 Å². The zero-order valence-electron chi connectivity index (χ0n) is 12.6. The lowest BCUT2D eigenvalue weighted by molar-refractivity contribution is 0.124. The smallest absolute Gasteiger partial charge is 0.107 e. The molecule has 0 unspecified atom stereocenters. The van der Waals surface area contributed by atoms with Gasteiger partial charge in [-0.25, -0.2) is 4.98 Å². The maximum Gasteiger partial charge on any atom is 0.107 e. The van der Waals surface area contributed by atoms with E-state index in [1.165, 1.54) is 10.7 Å². The lowest BCUT2D eigenvalue weighted by Gasteiger charge is -2.25. The van der Waals surface area contributed by atoms with Crippen molar-refractivity contribution in [1.82, 2.24) is 15.2 Å². The highest BCUT2D eigenvalue weighted by Crippen LogP contribution is 2.13. The van der Waals surface area contributed by atoms with Gasteiger partial charge in [-0.15, -0.1) is 11.3 Å². The van der Waals surface area contributed by atoms with Gasteiger partial charge in [0.05, 0.1) is 12.3 Å². The van der Waals surface area contributed by atoms with Gasteiger partial charge in [-0.05, 0) is 26.8 Å². The second-order valence-corrected chi connectivity index (χ2v) is 5.91. The van der Waals surface area contributed by atoms with E-state index in [-0.39, 0.29) is 0 Å². The summed E-state index contributed by atoms with van der Waals surface area (Å²) in [6, 6.07) is 0.513. The van der Waals surface area contributed by atoms with Crippen LogP contribution in [0.25, 0.3) is 0 Å². The molecule has 0 aliphatic heterocycles. The number of ether oxygens (including phenoxy) is 1. The second kappa shape index (κ2) is 9.42. The molecule has 0 spiro atoms. The number of methoxy groups -OCH3 is 1. The quantitative estimate of drug-likeness (QED) is 0.670. The van der Waals surface area contributed by atoms with Crippen LogP contribution in [0, 0.1) is 0 Å². The first-order valence-corrected chi connectivity index (χ1v) is 7.92. The van der Waals surface area contributed by atoms with Gasteiger partial charge in [0.25, 0.3) is 0 Å². The van der Waals surface area contributed by atoms with Crippen molar-refractivity contribution in [1.29, 1.82) is 0 Å². The van der Waals surface area contributed by atoms with Crippen molar-refractivity contribution in [3.8, 4) is 0 Å². The van der Waals surface area contributed by atoms with Crippen molar-refractivity contribution in [2.45, 2.75) is 46.3 Å². The molecule has 0 aromatic carbocycles. The average Bonchev–Trinajstić information content (AvgIpc) is 2.82. The SMILES string of the molecule is CCCNCc1nc(CN(CCOC)C(C)C)cs1. The molecule has 0 aliphatic carbocycles. The molecular formula is C14H27N3OS. The Kier molecular flexibility index (Phi) is 8.21. The minimum atomic E-state index is 0.513. The molecular weight excluding hydrogens is 258 g/mol. The van der Waals surface area contributed by atoms with Crippen molar-refractivity contribution in [3.05, 3.63) is 16.1 Å². The Morgan fingerprint density at radius 3 is 2.89 bits per heavy atom. The Hall–Kier alpha value is -0.490. The molecule has 110 valence electrons. The molecule has 0 amide bonds. The third-order valence-corrected chi connectivity index (χ3v) is 3.88. The number of hydrogen-bond acceptors (Lipinski definition) is 5. The highest BCUT2D eigenvalue weighted by molar-refractivity contribution is 7.09. The van der Waals surface area contributed by atoms with E-state index in [4.69, 9.17) is 4.74 Å². The van der Waals surface area contributed by atoms with E-state index in [2.05, 4.69) is 41.4 Å². The Bertz CT molecular complexity index is 341. The average molecular weight is 285 g/mol. The summed E-state index contributed by atoms with van der Waals surface area (Å²) in [6.07, 6.45) is 1.16. The zero-order chi connectivity index (χ0) is 14.1. The summed E-state index contributed by atoms with van der Waals surface area (Å²) in [4.78, 5) is 7.08. The Morgan fingerprint density at radius 2 is 2.26 bits per heavy atom. The van der Waals surface area contributed by atoms with Gasteiger partial charge in [-0.1, -0.05) is 6.92 Å². The monoisotopic (exact) mass is 285 g/mol. The van der Waals surface area contributed by atoms with Gasteiger partial charge in [-0.2, -0.15) is 0 Å². The molecule has 19 heavy (non-hydrogen) atoms. The van der Waals surface area contributed by atoms with Gasteiger partial charge in [0.1, 0.15) is 5.01 Å². The molecule has 1 aromatic heterocycles. The predicted molar refractivity (Wildman–Crippen MR) is 81.5 cm³/mol. The van der Waals surface area contributed by atoms with Crippen LogP contribution in [0.15, 0.2) is 5.38 Å². The molecule has 5 heteroatoms. The van der Waals surface area contributed by atoms with Crippen LogP contribution in [0.3, 0.4) is 0 Å². The van der Waals surface area contributed by atoms with Crippen molar-refractivity contribution < 1.29 is 4.74 Å². The summed E-state index contributed by atoms with van der Waals surface area (Å²) in [5, 5.41) is 6.74. The van der Waals surface area contributed by atoms with Gasteiger partial charge in [0.15, 0.2) is 0 Å². The Morgan fingerprint density at radius 1 is 1.47 bits per heavy atom. The van der Waals surface area contributed by atoms with E-state index in [0.717, 1.165) is 39.2 Å². The minimum Gasteiger partial charge on any atom is -0.383 e. The van der Waals surface area contributed by atoms with Crippen molar-refractivity contribution >= 4 is 11.3 Å². The molecule has 0 fully saturated rings. The number of rotatable bonds is 10. The number of aromatic nitrogens is 1. The standard InChI is InChI=1S/C14H27N3OS/c1-5-6-15-9-14-16-13(11-19-14)10-17(12(2)3)7-8-18-4/h11-12,15H,5-10H2,1-4H3. The minimum absolute atomic E-state index is 0.513. The van der Waals surface area contributed by atoms with Crippen LogP contribution >= 0.6 is 11.3 Å². The second-order valence-electron chi connectivity index (χ2n) is 4.97. The summed E-state index contributed by atoms with van der Waals surface area (Å²) in [5.41, 5.74) is 1.17. The van der Waals surface area contributed by atoms with Gasteiger partial charge in [-0.3, -0.25) is 4.90 Å². The molecule has 0 atom stereocenters. The van der Waals surface area contributed by atoms with E-state index < -0.39 is 0 Å². The highest BCUT2D eigenvalue weighted by atomic mass is 32.1. The number of hydrogen-bond donors (Lipinski definition) is 1. The van der Waals surface area contributed by atoms with Crippen LogP contribution < -0.4 is 5.32 Å². The van der Waals surface area contributed by atoms with Crippen molar-refractivity contribution in [3.63, 3.8) is 0 Å². The molecule has 1 N–H and O–H groups in total. The van der Waals surface area contributed by atoms with Gasteiger partial charge < -0.3 is 10.1 Å². The maximum atomic E-state index is 5.16. The molecule has 1 aromatic rings. The summed E-state index contributed by atoms with van der Waals surface area (Å²) in [7, 11) is 1.75. The molecule has 1 rings (SSSR count). The van der Waals surface area contributed by atoms with Gasteiger partial charge in [0.2, 0.25) is 0 Å². The van der Waals surface area contributed by atoms with Gasteiger partial charge in [0, 0.05) is 38.2 Å². The molecule has 0 bridgehead atoms. The van der Waals surface area contributed by atoms with Crippen LogP contribution in [-0.2, 0) is 17.8 Å². The van der Waals surface area contributed by atoms with E-state index in [1.54, 1.807) is 18.4 Å². The Balaban J connectivity index is 2.45. The number of nitrogens with one attached hydrogen (secondary N) is 1. The first kappa shape index (κ1) is 16.6. The van der Waals surface area contributed by atoms with E-state index in [0.29, 0.717) is 6.04 Å². The third-order valence-electron chi connectivity index (χ3n) is 2.98. The summed E-state index contributed by atoms with van der Waals surface area (Å²) >= 11 is 1.75. The molecule has 4 nitrogen and oxygen atoms in total. The molecule has 1 heterocycles. The topological polar surface area (TPSA) is 37.4 Å². The fraction of sp³-hybridized carbons (Fsp3) is 0.786. The lowest BCUT2D eigenvalue weighted by Crippen LogP contribution is -2.33. The number of nitrogens with zero attached hydrogens (tertiary/aromatic N) is 2. The van der Waals surface area contributed by atoms with Crippen LogP contribution in [0.5, 0.6) is 0 Å². The highest BCUT2D eigenvalue weighted by Gasteiger charge is 2.12. The first-order valence-electron chi connectivity index (χ1n) is 7.04. The van der Waals surface area contributed by atoms with Crippen molar-refractivity contribution in [2.75, 3.05) is 26.8 Å². The number of thiazole rings is 1. The fourth-order valence-corrected chi connectivity index (χ4v) is 2.57. The van der Waals surface area contributed by atoms with E-state index in [9.17, 15) is 0 Å².